The van der Waals surface area contributed by atoms with E-state index in [0.29, 0.717) is 24.6 Å². The monoisotopic (exact) mass is 259 g/mol. The Morgan fingerprint density at radius 1 is 1.37 bits per heavy atom. The summed E-state index contributed by atoms with van der Waals surface area (Å²) in [5, 5.41) is 0. The number of benzene rings is 1. The molecule has 2 aromatic rings. The predicted molar refractivity (Wildman–Crippen MR) is 71.2 cm³/mol. The third-order valence-electron chi connectivity index (χ3n) is 2.74. The van der Waals surface area contributed by atoms with Crippen LogP contribution in [0.3, 0.4) is 0 Å². The highest BCUT2D eigenvalue weighted by Crippen LogP contribution is 2.16. The highest BCUT2D eigenvalue weighted by molar-refractivity contribution is 5.87. The molecule has 1 heterocycles. The van der Waals surface area contributed by atoms with Crippen LogP contribution in [0.2, 0.25) is 0 Å². The van der Waals surface area contributed by atoms with Gasteiger partial charge in [0.1, 0.15) is 0 Å². The van der Waals surface area contributed by atoms with E-state index in [1.165, 1.54) is 5.56 Å². The average molecular weight is 259 g/mol. The molecule has 0 atom stereocenters. The van der Waals surface area contributed by atoms with Crippen molar-refractivity contribution in [1.82, 2.24) is 4.98 Å². The van der Waals surface area contributed by atoms with Gasteiger partial charge in [-0.05, 0) is 26.3 Å². The molecule has 2 rings (SSSR count). The summed E-state index contributed by atoms with van der Waals surface area (Å²) in [5.74, 6) is 0.277. The number of carbonyl (C=O) groups is 1. The molecular formula is C15H17NO3. The molecule has 0 radical (unpaired) electrons. The first-order chi connectivity index (χ1) is 9.10. The molecule has 0 aliphatic carbocycles. The minimum Gasteiger partial charge on any atom is -0.460 e. The van der Waals surface area contributed by atoms with E-state index in [9.17, 15) is 4.79 Å². The molecular weight excluding hydrogens is 242 g/mol. The Morgan fingerprint density at radius 3 is 2.84 bits per heavy atom. The Morgan fingerprint density at radius 2 is 2.16 bits per heavy atom. The van der Waals surface area contributed by atoms with Crippen LogP contribution in [0.4, 0.5) is 0 Å². The van der Waals surface area contributed by atoms with Gasteiger partial charge >= 0.3 is 5.97 Å². The van der Waals surface area contributed by atoms with E-state index in [2.05, 4.69) is 11.1 Å². The molecule has 0 spiro atoms. The van der Waals surface area contributed by atoms with Gasteiger partial charge in [-0.15, -0.1) is 0 Å². The number of hydrogen-bond donors (Lipinski definition) is 0. The molecule has 0 aliphatic rings. The van der Waals surface area contributed by atoms with Crippen LogP contribution in [0, 0.1) is 13.8 Å². The van der Waals surface area contributed by atoms with Crippen molar-refractivity contribution >= 4 is 5.97 Å². The van der Waals surface area contributed by atoms with Crippen LogP contribution in [-0.4, -0.2) is 17.6 Å². The van der Waals surface area contributed by atoms with Crippen LogP contribution in [0.5, 0.6) is 0 Å². The Kier molecular flexibility index (Phi) is 4.00. The fraction of sp³-hybridized carbons (Fsp3) is 0.333. The molecule has 0 saturated carbocycles. The van der Waals surface area contributed by atoms with Gasteiger partial charge in [-0.25, -0.2) is 9.78 Å². The van der Waals surface area contributed by atoms with Crippen LogP contribution in [0.1, 0.15) is 40.2 Å². The molecule has 1 aromatic heterocycles. The standard InChI is InChI=1S/C15H17NO3/c1-4-18-15(17)14-11(3)16-13(19-14)9-12-7-5-6-10(2)8-12/h5-8H,4,9H2,1-3H3. The van der Waals surface area contributed by atoms with Gasteiger partial charge in [0.25, 0.3) is 0 Å². The molecule has 0 aliphatic heterocycles. The summed E-state index contributed by atoms with van der Waals surface area (Å²) < 4.78 is 10.4. The molecule has 4 heteroatoms. The lowest BCUT2D eigenvalue weighted by Gasteiger charge is -1.99. The molecule has 0 saturated heterocycles. The number of carbonyl (C=O) groups excluding carboxylic acids is 1. The second-order valence-corrected chi connectivity index (χ2v) is 4.41. The average Bonchev–Trinajstić information content (AvgIpc) is 2.70. The van der Waals surface area contributed by atoms with E-state index >= 15 is 0 Å². The number of nitrogens with zero attached hydrogens (tertiary/aromatic N) is 1. The van der Waals surface area contributed by atoms with Crippen molar-refractivity contribution in [3.8, 4) is 0 Å². The van der Waals surface area contributed by atoms with Crippen LogP contribution >= 0.6 is 0 Å². The number of ether oxygens (including phenoxy) is 1. The molecule has 0 bridgehead atoms. The lowest BCUT2D eigenvalue weighted by atomic mass is 10.1. The van der Waals surface area contributed by atoms with Crippen molar-refractivity contribution in [2.45, 2.75) is 27.2 Å². The van der Waals surface area contributed by atoms with Gasteiger partial charge in [-0.3, -0.25) is 0 Å². The van der Waals surface area contributed by atoms with Crippen molar-refractivity contribution in [2.75, 3.05) is 6.61 Å². The van der Waals surface area contributed by atoms with Crippen molar-refractivity contribution in [3.05, 3.63) is 52.7 Å². The molecule has 1 aromatic carbocycles. The zero-order valence-corrected chi connectivity index (χ0v) is 11.4. The minimum atomic E-state index is -0.456. The topological polar surface area (TPSA) is 52.3 Å². The molecule has 0 N–H and O–H groups in total. The van der Waals surface area contributed by atoms with E-state index in [0.717, 1.165) is 5.56 Å². The van der Waals surface area contributed by atoms with Crippen LogP contribution in [0.25, 0.3) is 0 Å². The van der Waals surface area contributed by atoms with Crippen molar-refractivity contribution in [2.24, 2.45) is 0 Å². The fourth-order valence-corrected chi connectivity index (χ4v) is 1.91. The first kappa shape index (κ1) is 13.3. The maximum Gasteiger partial charge on any atom is 0.376 e. The summed E-state index contributed by atoms with van der Waals surface area (Å²) in [7, 11) is 0. The van der Waals surface area contributed by atoms with Gasteiger partial charge < -0.3 is 9.15 Å². The SMILES string of the molecule is CCOC(=O)c1oc(Cc2cccc(C)c2)nc1C. The number of hydrogen-bond acceptors (Lipinski definition) is 4. The molecule has 4 nitrogen and oxygen atoms in total. The van der Waals surface area contributed by atoms with Crippen molar-refractivity contribution in [3.63, 3.8) is 0 Å². The molecule has 0 unspecified atom stereocenters. The lowest BCUT2D eigenvalue weighted by molar-refractivity contribution is 0.0487. The zero-order valence-electron chi connectivity index (χ0n) is 11.4. The van der Waals surface area contributed by atoms with Gasteiger partial charge in [-0.2, -0.15) is 0 Å². The Hall–Kier alpha value is -2.10. The summed E-state index contributed by atoms with van der Waals surface area (Å²) in [6.45, 7) is 5.87. The Balaban J connectivity index is 2.18. The number of aryl methyl sites for hydroxylation is 2. The quantitative estimate of drug-likeness (QED) is 0.792. The van der Waals surface area contributed by atoms with Crippen LogP contribution in [-0.2, 0) is 11.2 Å². The number of esters is 1. The first-order valence-electron chi connectivity index (χ1n) is 6.29. The largest absolute Gasteiger partial charge is 0.460 e. The third-order valence-corrected chi connectivity index (χ3v) is 2.74. The summed E-state index contributed by atoms with van der Waals surface area (Å²) in [4.78, 5) is 15.9. The highest BCUT2D eigenvalue weighted by atomic mass is 16.5. The minimum absolute atomic E-state index is 0.199. The highest BCUT2D eigenvalue weighted by Gasteiger charge is 2.18. The summed E-state index contributed by atoms with van der Waals surface area (Å²) in [6.07, 6.45) is 0.571. The number of rotatable bonds is 4. The first-order valence-corrected chi connectivity index (χ1v) is 6.29. The summed E-state index contributed by atoms with van der Waals surface area (Å²) in [5.41, 5.74) is 2.86. The second-order valence-electron chi connectivity index (χ2n) is 4.41. The van der Waals surface area contributed by atoms with Gasteiger partial charge in [0.15, 0.2) is 5.89 Å². The van der Waals surface area contributed by atoms with E-state index in [4.69, 9.17) is 9.15 Å². The summed E-state index contributed by atoms with van der Waals surface area (Å²) in [6, 6.07) is 8.11. The molecule has 19 heavy (non-hydrogen) atoms. The third kappa shape index (κ3) is 3.22. The predicted octanol–water partition coefficient (Wildman–Crippen LogP) is 3.06. The maximum atomic E-state index is 11.6. The zero-order chi connectivity index (χ0) is 13.8. The number of oxazole rings is 1. The smallest absolute Gasteiger partial charge is 0.376 e. The Bertz CT molecular complexity index is 587. The second kappa shape index (κ2) is 5.69. The maximum absolute atomic E-state index is 11.6. The van der Waals surface area contributed by atoms with E-state index in [-0.39, 0.29) is 5.76 Å². The summed E-state index contributed by atoms with van der Waals surface area (Å²) >= 11 is 0. The van der Waals surface area contributed by atoms with Gasteiger partial charge in [0.05, 0.1) is 12.3 Å². The Labute approximate surface area is 112 Å². The van der Waals surface area contributed by atoms with Crippen molar-refractivity contribution < 1.29 is 13.9 Å². The molecule has 0 fully saturated rings. The normalized spacial score (nSPS) is 10.5. The number of aromatic nitrogens is 1. The van der Waals surface area contributed by atoms with E-state index < -0.39 is 5.97 Å². The molecule has 100 valence electrons. The lowest BCUT2D eigenvalue weighted by Crippen LogP contribution is -2.04. The van der Waals surface area contributed by atoms with Crippen LogP contribution in [0.15, 0.2) is 28.7 Å². The fourth-order valence-electron chi connectivity index (χ4n) is 1.91. The van der Waals surface area contributed by atoms with Gasteiger partial charge in [0, 0.05) is 6.42 Å². The van der Waals surface area contributed by atoms with E-state index in [1.54, 1.807) is 13.8 Å². The molecule has 0 amide bonds. The van der Waals surface area contributed by atoms with Crippen molar-refractivity contribution in [1.29, 1.82) is 0 Å². The van der Waals surface area contributed by atoms with Gasteiger partial charge in [-0.1, -0.05) is 29.8 Å². The van der Waals surface area contributed by atoms with Crippen LogP contribution < -0.4 is 0 Å². The van der Waals surface area contributed by atoms with Gasteiger partial charge in [0.2, 0.25) is 5.76 Å². The van der Waals surface area contributed by atoms with E-state index in [1.807, 2.05) is 25.1 Å².